The van der Waals surface area contributed by atoms with Crippen LogP contribution in [0.4, 0.5) is 5.95 Å². The van der Waals surface area contributed by atoms with E-state index in [9.17, 15) is 4.79 Å². The first-order valence-corrected chi connectivity index (χ1v) is 9.67. The van der Waals surface area contributed by atoms with Crippen molar-refractivity contribution < 1.29 is 4.79 Å². The smallest absolute Gasteiger partial charge is 0.225 e. The number of likely N-dealkylation sites (tertiary alicyclic amines) is 1. The lowest BCUT2D eigenvalue weighted by atomic mass is 9.97. The molecule has 0 aliphatic carbocycles. The quantitative estimate of drug-likeness (QED) is 0.883. The highest BCUT2D eigenvalue weighted by molar-refractivity contribution is 5.79. The van der Waals surface area contributed by atoms with Gasteiger partial charge in [-0.1, -0.05) is 6.92 Å². The third-order valence-corrected chi connectivity index (χ3v) is 5.64. The van der Waals surface area contributed by atoms with Gasteiger partial charge < -0.3 is 10.2 Å². The van der Waals surface area contributed by atoms with E-state index in [0.717, 1.165) is 50.9 Å². The number of amides is 1. The number of nitrogens with zero attached hydrogens (tertiary/aromatic N) is 4. The molecule has 3 heterocycles. The Kier molecular flexibility index (Phi) is 6.24. The maximum atomic E-state index is 12.6. The minimum Gasteiger partial charge on any atom is -0.354 e. The normalized spacial score (nSPS) is 24.1. The lowest BCUT2D eigenvalue weighted by Gasteiger charge is -2.36. The van der Waals surface area contributed by atoms with E-state index in [4.69, 9.17) is 0 Å². The molecule has 2 aliphatic rings. The molecule has 0 unspecified atom stereocenters. The average Bonchev–Trinajstić information content (AvgIpc) is 2.67. The third-order valence-electron chi connectivity index (χ3n) is 5.64. The summed E-state index contributed by atoms with van der Waals surface area (Å²) in [6.07, 6.45) is 8.01. The van der Waals surface area contributed by atoms with Gasteiger partial charge in [0.05, 0.1) is 5.92 Å². The number of aromatic nitrogens is 2. The lowest BCUT2D eigenvalue weighted by Crippen LogP contribution is -2.48. The van der Waals surface area contributed by atoms with Crippen molar-refractivity contribution in [2.45, 2.75) is 45.6 Å². The number of rotatable bonds is 5. The van der Waals surface area contributed by atoms with Crippen LogP contribution in [-0.4, -0.2) is 59.5 Å². The van der Waals surface area contributed by atoms with E-state index >= 15 is 0 Å². The van der Waals surface area contributed by atoms with Gasteiger partial charge in [0.25, 0.3) is 0 Å². The van der Waals surface area contributed by atoms with Crippen LogP contribution in [0.5, 0.6) is 0 Å². The van der Waals surface area contributed by atoms with E-state index in [1.807, 2.05) is 6.07 Å². The zero-order valence-electron chi connectivity index (χ0n) is 15.5. The van der Waals surface area contributed by atoms with Crippen LogP contribution in [0.25, 0.3) is 0 Å². The molecule has 0 aromatic carbocycles. The van der Waals surface area contributed by atoms with E-state index in [1.165, 1.54) is 12.8 Å². The molecule has 138 valence electrons. The second kappa shape index (κ2) is 8.61. The summed E-state index contributed by atoms with van der Waals surface area (Å²) in [6, 6.07) is 2.23. The first-order valence-electron chi connectivity index (χ1n) is 9.67. The van der Waals surface area contributed by atoms with Crippen molar-refractivity contribution in [2.75, 3.05) is 37.6 Å². The summed E-state index contributed by atoms with van der Waals surface area (Å²) in [6.45, 7) is 9.24. The van der Waals surface area contributed by atoms with Crippen LogP contribution in [0.2, 0.25) is 0 Å². The van der Waals surface area contributed by atoms with Gasteiger partial charge in [-0.2, -0.15) is 0 Å². The number of anilines is 1. The van der Waals surface area contributed by atoms with Crippen molar-refractivity contribution >= 4 is 11.9 Å². The van der Waals surface area contributed by atoms with Gasteiger partial charge in [-0.25, -0.2) is 9.97 Å². The van der Waals surface area contributed by atoms with Crippen molar-refractivity contribution in [3.05, 3.63) is 18.5 Å². The van der Waals surface area contributed by atoms with Crippen LogP contribution in [0.1, 0.15) is 39.5 Å². The van der Waals surface area contributed by atoms with Gasteiger partial charge in [0.1, 0.15) is 0 Å². The molecule has 1 N–H and O–H groups in total. The zero-order valence-corrected chi connectivity index (χ0v) is 15.5. The summed E-state index contributed by atoms with van der Waals surface area (Å²) in [5.74, 6) is 1.78. The van der Waals surface area contributed by atoms with Crippen LogP contribution < -0.4 is 10.2 Å². The summed E-state index contributed by atoms with van der Waals surface area (Å²) < 4.78 is 0. The Labute approximate surface area is 151 Å². The molecule has 0 saturated carbocycles. The number of carbonyl (C=O) groups excluding carboxylic acids is 1. The lowest BCUT2D eigenvalue weighted by molar-refractivity contribution is -0.125. The molecule has 3 rings (SSSR count). The molecular formula is C19H31N5O. The summed E-state index contributed by atoms with van der Waals surface area (Å²) >= 11 is 0. The average molecular weight is 345 g/mol. The summed E-state index contributed by atoms with van der Waals surface area (Å²) in [5, 5.41) is 3.18. The molecule has 2 aliphatic heterocycles. The number of piperidine rings is 2. The van der Waals surface area contributed by atoms with Crippen LogP contribution in [0.15, 0.2) is 18.5 Å². The summed E-state index contributed by atoms with van der Waals surface area (Å²) in [4.78, 5) is 25.9. The molecule has 25 heavy (non-hydrogen) atoms. The fourth-order valence-corrected chi connectivity index (χ4v) is 3.82. The van der Waals surface area contributed by atoms with Crippen LogP contribution in [0, 0.1) is 11.8 Å². The van der Waals surface area contributed by atoms with E-state index in [2.05, 4.69) is 38.9 Å². The predicted molar refractivity (Wildman–Crippen MR) is 99.4 cm³/mol. The molecule has 1 aromatic rings. The number of hydrogen-bond acceptors (Lipinski definition) is 5. The minimum absolute atomic E-state index is 0.0335. The largest absolute Gasteiger partial charge is 0.354 e. The second-order valence-corrected chi connectivity index (χ2v) is 7.65. The molecule has 6 nitrogen and oxygen atoms in total. The molecule has 0 radical (unpaired) electrons. The highest BCUT2D eigenvalue weighted by atomic mass is 16.1. The highest BCUT2D eigenvalue weighted by Crippen LogP contribution is 2.21. The van der Waals surface area contributed by atoms with Gasteiger partial charge in [-0.3, -0.25) is 9.69 Å². The topological polar surface area (TPSA) is 61.4 Å². The first kappa shape index (κ1) is 18.1. The van der Waals surface area contributed by atoms with E-state index in [1.54, 1.807) is 12.4 Å². The second-order valence-electron chi connectivity index (χ2n) is 7.65. The Bertz CT molecular complexity index is 544. The molecule has 6 heteroatoms. The standard InChI is InChI=1S/C19H31N5O/c1-15-6-11-23(12-7-15)16(2)13-22-18(25)17-5-3-10-24(14-17)19-20-8-4-9-21-19/h4,8-9,15-17H,3,5-7,10-14H2,1-2H3,(H,22,25)/t16-,17-/m0/s1. The molecule has 0 spiro atoms. The maximum Gasteiger partial charge on any atom is 0.225 e. The van der Waals surface area contributed by atoms with Gasteiger partial charge in [0, 0.05) is 38.1 Å². The monoisotopic (exact) mass is 345 g/mol. The van der Waals surface area contributed by atoms with Gasteiger partial charge in [0.2, 0.25) is 11.9 Å². The fraction of sp³-hybridized carbons (Fsp3) is 0.737. The Hall–Kier alpha value is -1.69. The zero-order chi connectivity index (χ0) is 17.6. The summed E-state index contributed by atoms with van der Waals surface area (Å²) in [7, 11) is 0. The van der Waals surface area contributed by atoms with Crippen molar-refractivity contribution in [3.63, 3.8) is 0 Å². The SMILES string of the molecule is CC1CCN([C@@H](C)CNC(=O)[C@H]2CCCN(c3ncccn3)C2)CC1. The van der Waals surface area contributed by atoms with Gasteiger partial charge >= 0.3 is 0 Å². The van der Waals surface area contributed by atoms with Crippen LogP contribution >= 0.6 is 0 Å². The molecule has 1 amide bonds. The number of nitrogens with one attached hydrogen (secondary N) is 1. The summed E-state index contributed by atoms with van der Waals surface area (Å²) in [5.41, 5.74) is 0. The number of hydrogen-bond donors (Lipinski definition) is 1. The predicted octanol–water partition coefficient (Wildman–Crippen LogP) is 1.93. The highest BCUT2D eigenvalue weighted by Gasteiger charge is 2.28. The molecule has 0 bridgehead atoms. The Balaban J connectivity index is 1.46. The third kappa shape index (κ3) is 4.91. The molecule has 2 saturated heterocycles. The van der Waals surface area contributed by atoms with Crippen molar-refractivity contribution in [1.29, 1.82) is 0 Å². The Morgan fingerprint density at radius 2 is 1.96 bits per heavy atom. The molecule has 1 aromatic heterocycles. The molecular weight excluding hydrogens is 314 g/mol. The fourth-order valence-electron chi connectivity index (χ4n) is 3.82. The molecule has 2 fully saturated rings. The van der Waals surface area contributed by atoms with Gasteiger partial charge in [0.15, 0.2) is 0 Å². The van der Waals surface area contributed by atoms with Crippen LogP contribution in [0.3, 0.4) is 0 Å². The van der Waals surface area contributed by atoms with Gasteiger partial charge in [-0.15, -0.1) is 0 Å². The van der Waals surface area contributed by atoms with Crippen LogP contribution in [-0.2, 0) is 4.79 Å². The first-order chi connectivity index (χ1) is 12.1. The van der Waals surface area contributed by atoms with E-state index in [0.29, 0.717) is 12.6 Å². The van der Waals surface area contributed by atoms with Gasteiger partial charge in [-0.05, 0) is 57.7 Å². The van der Waals surface area contributed by atoms with Crippen molar-refractivity contribution in [2.24, 2.45) is 11.8 Å². The Morgan fingerprint density at radius 3 is 2.68 bits per heavy atom. The van der Waals surface area contributed by atoms with Crippen molar-refractivity contribution in [1.82, 2.24) is 20.2 Å². The van der Waals surface area contributed by atoms with E-state index in [-0.39, 0.29) is 11.8 Å². The number of carbonyl (C=O) groups is 1. The molecule has 2 atom stereocenters. The minimum atomic E-state index is 0.0335. The maximum absolute atomic E-state index is 12.6. The Morgan fingerprint density at radius 1 is 1.24 bits per heavy atom. The van der Waals surface area contributed by atoms with E-state index < -0.39 is 0 Å². The van der Waals surface area contributed by atoms with Crippen molar-refractivity contribution in [3.8, 4) is 0 Å².